The number of hydrogen-bond donors (Lipinski definition) is 3. The van der Waals surface area contributed by atoms with Gasteiger partial charge in [-0.2, -0.15) is 0 Å². The van der Waals surface area contributed by atoms with Gasteiger partial charge in [-0.3, -0.25) is 9.59 Å². The lowest BCUT2D eigenvalue weighted by Crippen LogP contribution is -2.40. The number of carboxylic acid groups (broad SMARTS) is 1. The van der Waals surface area contributed by atoms with Crippen molar-refractivity contribution in [2.24, 2.45) is 0 Å². The number of rotatable bonds is 2. The van der Waals surface area contributed by atoms with Gasteiger partial charge < -0.3 is 15.7 Å². The fourth-order valence-electron chi connectivity index (χ4n) is 1.58. The van der Waals surface area contributed by atoms with Gasteiger partial charge in [0.05, 0.1) is 12.1 Å². The van der Waals surface area contributed by atoms with E-state index in [9.17, 15) is 9.59 Å². The van der Waals surface area contributed by atoms with Crippen LogP contribution in [0.25, 0.3) is 0 Å². The molecule has 1 unspecified atom stereocenters. The second kappa shape index (κ2) is 3.80. The first-order chi connectivity index (χ1) is 7.58. The van der Waals surface area contributed by atoms with Crippen LogP contribution >= 0.6 is 0 Å². The van der Waals surface area contributed by atoms with E-state index in [1.807, 2.05) is 6.92 Å². The van der Waals surface area contributed by atoms with Crippen LogP contribution in [0.3, 0.4) is 0 Å². The highest BCUT2D eigenvalue weighted by Gasteiger charge is 2.28. The molecule has 0 saturated heterocycles. The van der Waals surface area contributed by atoms with Crippen LogP contribution in [0, 0.1) is 6.92 Å². The topological polar surface area (TPSA) is 91.3 Å². The fourth-order valence-corrected chi connectivity index (χ4v) is 1.58. The summed E-state index contributed by atoms with van der Waals surface area (Å²) in [5, 5.41) is 14.1. The average Bonchev–Trinajstić information content (AvgIpc) is 2.20. The monoisotopic (exact) mass is 221 g/mol. The lowest BCUT2D eigenvalue weighted by Gasteiger charge is -2.25. The molecular weight excluding hydrogens is 210 g/mol. The molecule has 16 heavy (non-hydrogen) atoms. The van der Waals surface area contributed by atoms with E-state index in [0.717, 1.165) is 5.56 Å². The maximum atomic E-state index is 11.6. The Hall–Kier alpha value is -2.11. The number of aromatic nitrogens is 1. The van der Waals surface area contributed by atoms with Gasteiger partial charge in [0.1, 0.15) is 6.04 Å². The van der Waals surface area contributed by atoms with Crippen LogP contribution in [0.2, 0.25) is 0 Å². The number of fused-ring (bicyclic) bond motifs is 1. The first-order valence-electron chi connectivity index (χ1n) is 4.82. The molecule has 6 heteroatoms. The van der Waals surface area contributed by atoms with Crippen LogP contribution in [0.5, 0.6) is 0 Å². The molecular formula is C10H11N3O3. The van der Waals surface area contributed by atoms with E-state index >= 15 is 0 Å². The molecule has 0 saturated carbocycles. The van der Waals surface area contributed by atoms with Crippen LogP contribution in [-0.2, 0) is 9.59 Å². The summed E-state index contributed by atoms with van der Waals surface area (Å²) in [6.07, 6.45) is 1.34. The highest BCUT2D eigenvalue weighted by atomic mass is 16.4. The number of carboxylic acids is 1. The van der Waals surface area contributed by atoms with Crippen LogP contribution in [-0.4, -0.2) is 28.0 Å². The van der Waals surface area contributed by atoms with Crippen molar-refractivity contribution < 1.29 is 14.7 Å². The largest absolute Gasteiger partial charge is 0.481 e. The van der Waals surface area contributed by atoms with Crippen molar-refractivity contribution in [1.82, 2.24) is 4.98 Å². The Labute approximate surface area is 91.7 Å². The summed E-state index contributed by atoms with van der Waals surface area (Å²) in [6.45, 7) is 1.85. The molecule has 0 aromatic carbocycles. The standard InChI is InChI=1S/C10H11N3O3/c1-5-2-3-11-9-8(5)13-10(16)6(12-9)4-7(14)15/h2-3,6H,4H2,1H3,(H,11,12)(H,13,16)(H,14,15). The van der Waals surface area contributed by atoms with E-state index in [1.165, 1.54) is 0 Å². The van der Waals surface area contributed by atoms with Crippen LogP contribution in [0.1, 0.15) is 12.0 Å². The van der Waals surface area contributed by atoms with Crippen LogP contribution in [0.15, 0.2) is 12.3 Å². The molecule has 1 aliphatic rings. The molecule has 0 aliphatic carbocycles. The van der Waals surface area contributed by atoms with Gasteiger partial charge in [0.2, 0.25) is 5.91 Å². The Kier molecular flexibility index (Phi) is 2.47. The molecule has 1 atom stereocenters. The summed E-state index contributed by atoms with van der Waals surface area (Å²) in [4.78, 5) is 26.2. The van der Waals surface area contributed by atoms with E-state index in [0.29, 0.717) is 11.5 Å². The van der Waals surface area contributed by atoms with E-state index in [-0.39, 0.29) is 12.3 Å². The van der Waals surface area contributed by atoms with Gasteiger partial charge in [-0.15, -0.1) is 0 Å². The zero-order valence-corrected chi connectivity index (χ0v) is 8.65. The molecule has 3 N–H and O–H groups in total. The number of pyridine rings is 1. The average molecular weight is 221 g/mol. The predicted molar refractivity (Wildman–Crippen MR) is 57.3 cm³/mol. The zero-order chi connectivity index (χ0) is 11.7. The summed E-state index contributed by atoms with van der Waals surface area (Å²) in [7, 11) is 0. The van der Waals surface area contributed by atoms with Crippen molar-refractivity contribution in [2.75, 3.05) is 10.6 Å². The molecule has 2 heterocycles. The molecule has 1 aromatic rings. The predicted octanol–water partition coefficient (Wildman–Crippen LogP) is 0.597. The Balaban J connectivity index is 2.28. The first-order valence-corrected chi connectivity index (χ1v) is 4.82. The number of carbonyl (C=O) groups is 2. The van der Waals surface area contributed by atoms with Crippen molar-refractivity contribution in [2.45, 2.75) is 19.4 Å². The van der Waals surface area contributed by atoms with E-state index in [2.05, 4.69) is 15.6 Å². The van der Waals surface area contributed by atoms with Crippen molar-refractivity contribution in [1.29, 1.82) is 0 Å². The third-order valence-corrected chi connectivity index (χ3v) is 2.41. The fraction of sp³-hybridized carbons (Fsp3) is 0.300. The molecule has 1 aliphatic heterocycles. The molecule has 0 spiro atoms. The van der Waals surface area contributed by atoms with Gasteiger partial charge in [0.15, 0.2) is 5.82 Å². The number of hydrogen-bond acceptors (Lipinski definition) is 4. The molecule has 1 amide bonds. The Morgan fingerprint density at radius 2 is 2.38 bits per heavy atom. The quantitative estimate of drug-likeness (QED) is 0.680. The van der Waals surface area contributed by atoms with Crippen LogP contribution in [0.4, 0.5) is 11.5 Å². The minimum Gasteiger partial charge on any atom is -0.481 e. The minimum atomic E-state index is -1.02. The summed E-state index contributed by atoms with van der Waals surface area (Å²) in [6, 6.07) is 1.01. The number of aryl methyl sites for hydroxylation is 1. The zero-order valence-electron chi connectivity index (χ0n) is 8.65. The van der Waals surface area contributed by atoms with Crippen molar-refractivity contribution >= 4 is 23.4 Å². The van der Waals surface area contributed by atoms with E-state index in [4.69, 9.17) is 5.11 Å². The van der Waals surface area contributed by atoms with E-state index in [1.54, 1.807) is 12.3 Å². The molecule has 6 nitrogen and oxygen atoms in total. The second-order valence-electron chi connectivity index (χ2n) is 3.64. The number of amides is 1. The number of anilines is 2. The van der Waals surface area contributed by atoms with Gasteiger partial charge >= 0.3 is 5.97 Å². The number of carbonyl (C=O) groups excluding carboxylic acids is 1. The van der Waals surface area contributed by atoms with Gasteiger partial charge in [-0.25, -0.2) is 4.98 Å². The number of nitrogens with one attached hydrogen (secondary N) is 2. The Morgan fingerprint density at radius 1 is 1.62 bits per heavy atom. The van der Waals surface area contributed by atoms with E-state index < -0.39 is 12.0 Å². The lowest BCUT2D eigenvalue weighted by atomic mass is 10.1. The highest BCUT2D eigenvalue weighted by molar-refractivity contribution is 6.04. The maximum Gasteiger partial charge on any atom is 0.305 e. The lowest BCUT2D eigenvalue weighted by molar-refractivity contribution is -0.138. The third kappa shape index (κ3) is 1.81. The summed E-state index contributed by atoms with van der Waals surface area (Å²) >= 11 is 0. The molecule has 84 valence electrons. The number of nitrogens with zero attached hydrogens (tertiary/aromatic N) is 1. The minimum absolute atomic E-state index is 0.263. The first kappa shape index (κ1) is 10.4. The highest BCUT2D eigenvalue weighted by Crippen LogP contribution is 2.27. The summed E-state index contributed by atoms with van der Waals surface area (Å²) in [5.74, 6) is -0.847. The smallest absolute Gasteiger partial charge is 0.305 e. The molecule has 1 aromatic heterocycles. The SMILES string of the molecule is Cc1ccnc2c1NC(=O)C(CC(=O)O)N2. The van der Waals surface area contributed by atoms with Crippen molar-refractivity contribution in [3.8, 4) is 0 Å². The molecule has 0 bridgehead atoms. The van der Waals surface area contributed by atoms with Gasteiger partial charge in [0.25, 0.3) is 0 Å². The third-order valence-electron chi connectivity index (χ3n) is 2.41. The second-order valence-corrected chi connectivity index (χ2v) is 3.64. The summed E-state index contributed by atoms with van der Waals surface area (Å²) in [5.41, 5.74) is 1.51. The molecule has 0 fully saturated rings. The normalized spacial score (nSPS) is 18.3. The van der Waals surface area contributed by atoms with Crippen LogP contribution < -0.4 is 10.6 Å². The number of aliphatic carboxylic acids is 1. The Bertz CT molecular complexity index is 459. The van der Waals surface area contributed by atoms with Crippen molar-refractivity contribution in [3.63, 3.8) is 0 Å². The molecule has 2 rings (SSSR count). The van der Waals surface area contributed by atoms with Gasteiger partial charge in [-0.1, -0.05) is 0 Å². The Morgan fingerprint density at radius 3 is 3.06 bits per heavy atom. The van der Waals surface area contributed by atoms with Gasteiger partial charge in [0, 0.05) is 6.20 Å². The summed E-state index contributed by atoms with van der Waals surface area (Å²) < 4.78 is 0. The molecule has 0 radical (unpaired) electrons. The van der Waals surface area contributed by atoms with Gasteiger partial charge in [-0.05, 0) is 18.6 Å². The maximum absolute atomic E-state index is 11.6. The van der Waals surface area contributed by atoms with Crippen molar-refractivity contribution in [3.05, 3.63) is 17.8 Å².